The molecule has 1 aliphatic heterocycles. The minimum absolute atomic E-state index is 0.0527. The van der Waals surface area contributed by atoms with Gasteiger partial charge in [0.15, 0.2) is 0 Å². The average Bonchev–Trinajstić information content (AvgIpc) is 2.14. The highest BCUT2D eigenvalue weighted by Crippen LogP contribution is 2.44. The molecule has 2 rings (SSSR count). The van der Waals surface area contributed by atoms with Crippen molar-refractivity contribution in [3.8, 4) is 0 Å². The lowest BCUT2D eigenvalue weighted by Gasteiger charge is -2.46. The molecule has 0 aromatic heterocycles. The molecule has 1 unspecified atom stereocenters. The highest BCUT2D eigenvalue weighted by Gasteiger charge is 2.44. The predicted molar refractivity (Wildman–Crippen MR) is 47.3 cm³/mol. The Kier molecular flexibility index (Phi) is 2.28. The summed E-state index contributed by atoms with van der Waals surface area (Å²) >= 11 is 0. The molecule has 1 atom stereocenters. The van der Waals surface area contributed by atoms with Crippen molar-refractivity contribution in [1.82, 2.24) is 0 Å². The lowest BCUT2D eigenvalue weighted by Crippen LogP contribution is -2.47. The van der Waals surface area contributed by atoms with E-state index in [4.69, 9.17) is 9.47 Å². The summed E-state index contributed by atoms with van der Waals surface area (Å²) in [6.07, 6.45) is 5.20. The zero-order valence-electron chi connectivity index (χ0n) is 8.04. The zero-order valence-corrected chi connectivity index (χ0v) is 8.04. The van der Waals surface area contributed by atoms with Gasteiger partial charge in [-0.15, -0.1) is 0 Å². The van der Waals surface area contributed by atoms with E-state index in [0.717, 1.165) is 32.3 Å². The van der Waals surface area contributed by atoms with Gasteiger partial charge in [0.05, 0.1) is 18.6 Å². The summed E-state index contributed by atoms with van der Waals surface area (Å²) in [7, 11) is 1.46. The minimum Gasteiger partial charge on any atom is -0.469 e. The first kappa shape index (κ1) is 9.00. The number of esters is 1. The fourth-order valence-corrected chi connectivity index (χ4v) is 2.32. The first-order valence-corrected chi connectivity index (χ1v) is 4.98. The largest absolute Gasteiger partial charge is 0.469 e. The summed E-state index contributed by atoms with van der Waals surface area (Å²) in [4.78, 5) is 11.3. The standard InChI is InChI=1S/C10H16O3/c1-12-9(11)8-3-6-13-10(7-8)4-2-5-10/h8H,2-7H2,1H3. The smallest absolute Gasteiger partial charge is 0.308 e. The van der Waals surface area contributed by atoms with Gasteiger partial charge in [0.2, 0.25) is 0 Å². The summed E-state index contributed by atoms with van der Waals surface area (Å²) in [5, 5.41) is 0. The molecule has 1 saturated carbocycles. The number of carbonyl (C=O) groups is 1. The Bertz CT molecular complexity index is 208. The van der Waals surface area contributed by atoms with Crippen molar-refractivity contribution in [2.45, 2.75) is 37.7 Å². The van der Waals surface area contributed by atoms with Crippen molar-refractivity contribution in [2.24, 2.45) is 5.92 Å². The molecular weight excluding hydrogens is 168 g/mol. The first-order valence-electron chi connectivity index (χ1n) is 4.98. The topological polar surface area (TPSA) is 35.5 Å². The summed E-state index contributed by atoms with van der Waals surface area (Å²) < 4.78 is 10.5. The van der Waals surface area contributed by atoms with Gasteiger partial charge in [0, 0.05) is 6.61 Å². The highest BCUT2D eigenvalue weighted by molar-refractivity contribution is 5.72. The van der Waals surface area contributed by atoms with Gasteiger partial charge in [-0.2, -0.15) is 0 Å². The molecule has 1 heterocycles. The van der Waals surface area contributed by atoms with Crippen molar-refractivity contribution >= 4 is 5.97 Å². The second-order valence-corrected chi connectivity index (χ2v) is 4.10. The number of methoxy groups -OCH3 is 1. The van der Waals surface area contributed by atoms with Crippen molar-refractivity contribution in [3.63, 3.8) is 0 Å². The molecule has 3 nitrogen and oxygen atoms in total. The third-order valence-electron chi connectivity index (χ3n) is 3.29. The van der Waals surface area contributed by atoms with Crippen LogP contribution in [0.5, 0.6) is 0 Å². The molecule has 74 valence electrons. The minimum atomic E-state index is -0.0606. The molecule has 0 radical (unpaired) electrons. The number of hydrogen-bond donors (Lipinski definition) is 0. The summed E-state index contributed by atoms with van der Waals surface area (Å²) in [6, 6.07) is 0. The zero-order chi connectivity index (χ0) is 9.31. The average molecular weight is 184 g/mol. The Hall–Kier alpha value is -0.570. The van der Waals surface area contributed by atoms with E-state index in [-0.39, 0.29) is 17.5 Å². The van der Waals surface area contributed by atoms with Crippen LogP contribution in [0.4, 0.5) is 0 Å². The first-order chi connectivity index (χ1) is 6.26. The number of ether oxygens (including phenoxy) is 2. The van der Waals surface area contributed by atoms with Gasteiger partial charge in [0.25, 0.3) is 0 Å². The van der Waals surface area contributed by atoms with Gasteiger partial charge in [-0.1, -0.05) is 0 Å². The van der Waals surface area contributed by atoms with Gasteiger partial charge in [-0.25, -0.2) is 0 Å². The van der Waals surface area contributed by atoms with E-state index in [1.165, 1.54) is 13.5 Å². The Balaban J connectivity index is 1.95. The van der Waals surface area contributed by atoms with Gasteiger partial charge in [-0.05, 0) is 32.1 Å². The van der Waals surface area contributed by atoms with Gasteiger partial charge in [0.1, 0.15) is 0 Å². The van der Waals surface area contributed by atoms with Crippen LogP contribution in [0.2, 0.25) is 0 Å². The molecule has 13 heavy (non-hydrogen) atoms. The number of carbonyl (C=O) groups excluding carboxylic acids is 1. The van der Waals surface area contributed by atoms with Crippen LogP contribution in [0.1, 0.15) is 32.1 Å². The maximum absolute atomic E-state index is 11.3. The van der Waals surface area contributed by atoms with E-state index >= 15 is 0 Å². The Morgan fingerprint density at radius 3 is 2.85 bits per heavy atom. The van der Waals surface area contributed by atoms with Gasteiger partial charge < -0.3 is 9.47 Å². The molecule has 1 spiro atoms. The lowest BCUT2D eigenvalue weighted by molar-refractivity contribution is -0.170. The van der Waals surface area contributed by atoms with Crippen molar-refractivity contribution < 1.29 is 14.3 Å². The van der Waals surface area contributed by atoms with Crippen molar-refractivity contribution in [2.75, 3.05) is 13.7 Å². The molecule has 1 aliphatic carbocycles. The normalized spacial score (nSPS) is 31.0. The molecule has 0 aromatic rings. The highest BCUT2D eigenvalue weighted by atomic mass is 16.5. The third-order valence-corrected chi connectivity index (χ3v) is 3.29. The molecular formula is C10H16O3. The van der Waals surface area contributed by atoms with Crippen molar-refractivity contribution in [3.05, 3.63) is 0 Å². The summed E-state index contributed by atoms with van der Waals surface area (Å²) in [5.41, 5.74) is 0.0527. The van der Waals surface area contributed by atoms with Crippen LogP contribution < -0.4 is 0 Å². The van der Waals surface area contributed by atoms with Crippen LogP contribution in [0.3, 0.4) is 0 Å². The number of hydrogen-bond acceptors (Lipinski definition) is 3. The molecule has 0 N–H and O–H groups in total. The predicted octanol–water partition coefficient (Wildman–Crippen LogP) is 1.51. The fourth-order valence-electron chi connectivity index (χ4n) is 2.32. The van der Waals surface area contributed by atoms with E-state index in [2.05, 4.69) is 0 Å². The monoisotopic (exact) mass is 184 g/mol. The van der Waals surface area contributed by atoms with Crippen LogP contribution in [-0.2, 0) is 14.3 Å². The molecule has 1 saturated heterocycles. The van der Waals surface area contributed by atoms with Crippen LogP contribution in [0.25, 0.3) is 0 Å². The molecule has 3 heteroatoms. The van der Waals surface area contributed by atoms with Crippen LogP contribution in [0.15, 0.2) is 0 Å². The second kappa shape index (κ2) is 3.29. The molecule has 0 bridgehead atoms. The molecule has 2 fully saturated rings. The SMILES string of the molecule is COC(=O)C1CCOC2(CCC2)C1. The maximum Gasteiger partial charge on any atom is 0.308 e. The van der Waals surface area contributed by atoms with E-state index in [0.29, 0.717) is 0 Å². The van der Waals surface area contributed by atoms with E-state index in [1.807, 2.05) is 0 Å². The molecule has 2 aliphatic rings. The fraction of sp³-hybridized carbons (Fsp3) is 0.900. The Labute approximate surface area is 78.4 Å². The van der Waals surface area contributed by atoms with Crippen LogP contribution in [-0.4, -0.2) is 25.3 Å². The van der Waals surface area contributed by atoms with Crippen molar-refractivity contribution in [1.29, 1.82) is 0 Å². The quantitative estimate of drug-likeness (QED) is 0.579. The van der Waals surface area contributed by atoms with Gasteiger partial charge >= 0.3 is 5.97 Å². The Morgan fingerprint density at radius 1 is 1.54 bits per heavy atom. The molecule has 0 amide bonds. The lowest BCUT2D eigenvalue weighted by atomic mass is 9.72. The van der Waals surface area contributed by atoms with E-state index in [1.54, 1.807) is 0 Å². The van der Waals surface area contributed by atoms with Crippen LogP contribution >= 0.6 is 0 Å². The molecule has 0 aromatic carbocycles. The second-order valence-electron chi connectivity index (χ2n) is 4.10. The Morgan fingerprint density at radius 2 is 2.31 bits per heavy atom. The third kappa shape index (κ3) is 1.57. The van der Waals surface area contributed by atoms with E-state index < -0.39 is 0 Å². The van der Waals surface area contributed by atoms with Crippen LogP contribution in [0, 0.1) is 5.92 Å². The summed E-state index contributed by atoms with van der Waals surface area (Å²) in [6.45, 7) is 0.722. The number of rotatable bonds is 1. The van der Waals surface area contributed by atoms with Gasteiger partial charge in [-0.3, -0.25) is 4.79 Å². The van der Waals surface area contributed by atoms with E-state index in [9.17, 15) is 4.79 Å². The summed E-state index contributed by atoms with van der Waals surface area (Å²) in [5.74, 6) is 0.0219. The maximum atomic E-state index is 11.3.